The summed E-state index contributed by atoms with van der Waals surface area (Å²) in [7, 11) is 3.96. The Morgan fingerprint density at radius 2 is 1.38 bits per heavy atom. The van der Waals surface area contributed by atoms with Crippen LogP contribution in [0, 0.1) is 5.92 Å². The molecule has 1 aromatic heterocycles. The average Bonchev–Trinajstić information content (AvgIpc) is 2.72. The molecular weight excluding hydrogens is 366 g/mol. The molecule has 0 saturated heterocycles. The van der Waals surface area contributed by atoms with Crippen molar-refractivity contribution >= 4 is 11.9 Å². The van der Waals surface area contributed by atoms with Gasteiger partial charge in [-0.1, -0.05) is 46.5 Å². The molecule has 1 aromatic rings. The number of anilines is 2. The summed E-state index contributed by atoms with van der Waals surface area (Å²) in [5, 5.41) is 0. The maximum atomic E-state index is 5.88. The summed E-state index contributed by atoms with van der Waals surface area (Å²) >= 11 is 0. The molecule has 0 aliphatic heterocycles. The molecule has 0 unspecified atom stereocenters. The molecule has 29 heavy (non-hydrogen) atoms. The van der Waals surface area contributed by atoms with Gasteiger partial charge in [0.1, 0.15) is 19.3 Å². The summed E-state index contributed by atoms with van der Waals surface area (Å²) in [6.45, 7) is 9.02. The van der Waals surface area contributed by atoms with E-state index in [4.69, 9.17) is 24.4 Å². The van der Waals surface area contributed by atoms with E-state index in [2.05, 4.69) is 20.8 Å². The monoisotopic (exact) mass is 407 g/mol. The molecule has 1 aliphatic carbocycles. The highest BCUT2D eigenvalue weighted by molar-refractivity contribution is 5.38. The molecule has 0 atom stereocenters. The van der Waals surface area contributed by atoms with Crippen molar-refractivity contribution in [1.82, 2.24) is 15.0 Å². The lowest BCUT2D eigenvalue weighted by Crippen LogP contribution is -2.32. The van der Waals surface area contributed by atoms with Crippen LogP contribution in [0.4, 0.5) is 11.9 Å². The van der Waals surface area contributed by atoms with Crippen molar-refractivity contribution in [2.45, 2.75) is 78.1 Å². The van der Waals surface area contributed by atoms with Crippen LogP contribution in [0.25, 0.3) is 0 Å². The third-order valence-electron chi connectivity index (χ3n) is 5.47. The minimum atomic E-state index is 0.413. The molecule has 1 aliphatic rings. The second-order valence-electron chi connectivity index (χ2n) is 8.47. The van der Waals surface area contributed by atoms with Gasteiger partial charge in [-0.2, -0.15) is 15.0 Å². The van der Waals surface area contributed by atoms with E-state index in [9.17, 15) is 0 Å². The van der Waals surface area contributed by atoms with E-state index in [1.807, 2.05) is 23.9 Å². The third-order valence-corrected chi connectivity index (χ3v) is 5.47. The molecule has 1 fully saturated rings. The van der Waals surface area contributed by atoms with Gasteiger partial charge in [0.2, 0.25) is 11.9 Å². The van der Waals surface area contributed by atoms with Gasteiger partial charge in [-0.25, -0.2) is 0 Å². The second kappa shape index (κ2) is 13.0. The molecule has 1 heterocycles. The van der Waals surface area contributed by atoms with E-state index in [0.717, 1.165) is 63.5 Å². The van der Waals surface area contributed by atoms with Crippen LogP contribution in [-0.2, 0) is 9.47 Å². The lowest BCUT2D eigenvalue weighted by Gasteiger charge is -2.28. The molecule has 0 radical (unpaired) electrons. The third kappa shape index (κ3) is 8.05. The molecule has 1 saturated carbocycles. The Bertz CT molecular complexity index is 564. The van der Waals surface area contributed by atoms with Crippen molar-refractivity contribution in [2.75, 3.05) is 50.6 Å². The van der Waals surface area contributed by atoms with Gasteiger partial charge in [0.15, 0.2) is 0 Å². The van der Waals surface area contributed by atoms with Gasteiger partial charge in [-0.15, -0.1) is 0 Å². The standard InChI is InChI=1S/C22H41N5O2/c1-6-8-14-28-16-27(17-29-15-9-7-2)22-24-20(23-21(25-22)26(4)5)19-12-10-18(3)11-13-19/h18-19H,6-17H2,1-5H3. The molecular formula is C22H41N5O2. The lowest BCUT2D eigenvalue weighted by molar-refractivity contribution is 0.0811. The van der Waals surface area contributed by atoms with Crippen LogP contribution in [0.1, 0.15) is 83.9 Å². The fourth-order valence-corrected chi connectivity index (χ4v) is 3.41. The Morgan fingerprint density at radius 1 is 0.828 bits per heavy atom. The molecule has 2 rings (SSSR count). The van der Waals surface area contributed by atoms with Crippen LogP contribution in [-0.4, -0.2) is 55.7 Å². The Morgan fingerprint density at radius 3 is 1.90 bits per heavy atom. The molecule has 0 spiro atoms. The van der Waals surface area contributed by atoms with Crippen molar-refractivity contribution in [2.24, 2.45) is 5.92 Å². The first-order valence-electron chi connectivity index (χ1n) is 11.4. The van der Waals surface area contributed by atoms with Gasteiger partial charge in [0.25, 0.3) is 0 Å². The first-order valence-corrected chi connectivity index (χ1v) is 11.4. The van der Waals surface area contributed by atoms with E-state index in [1.54, 1.807) is 0 Å². The van der Waals surface area contributed by atoms with Gasteiger partial charge in [-0.05, 0) is 31.6 Å². The number of nitrogens with zero attached hydrogens (tertiary/aromatic N) is 5. The summed E-state index contributed by atoms with van der Waals surface area (Å²) in [6.07, 6.45) is 9.13. The minimum Gasteiger partial charge on any atom is -0.361 e. The van der Waals surface area contributed by atoms with Gasteiger partial charge < -0.3 is 14.4 Å². The summed E-state index contributed by atoms with van der Waals surface area (Å²) in [4.78, 5) is 18.3. The number of hydrogen-bond acceptors (Lipinski definition) is 7. The predicted molar refractivity (Wildman–Crippen MR) is 118 cm³/mol. The predicted octanol–water partition coefficient (Wildman–Crippen LogP) is 4.59. The molecule has 0 aromatic carbocycles. The SMILES string of the molecule is CCCCOCN(COCCCC)c1nc(C2CCC(C)CC2)nc(N(C)C)n1. The Labute approximate surface area is 177 Å². The molecule has 7 heteroatoms. The van der Waals surface area contributed by atoms with Crippen molar-refractivity contribution < 1.29 is 9.47 Å². The van der Waals surface area contributed by atoms with E-state index in [0.29, 0.717) is 31.3 Å². The molecule has 7 nitrogen and oxygen atoms in total. The van der Waals surface area contributed by atoms with Crippen LogP contribution in [0.5, 0.6) is 0 Å². The van der Waals surface area contributed by atoms with Crippen LogP contribution >= 0.6 is 0 Å². The van der Waals surface area contributed by atoms with Crippen LogP contribution in [0.2, 0.25) is 0 Å². The fraction of sp³-hybridized carbons (Fsp3) is 0.864. The topological polar surface area (TPSA) is 63.6 Å². The first-order chi connectivity index (χ1) is 14.0. The Hall–Kier alpha value is -1.47. The zero-order valence-corrected chi connectivity index (χ0v) is 19.2. The van der Waals surface area contributed by atoms with Crippen molar-refractivity contribution in [1.29, 1.82) is 0 Å². The lowest BCUT2D eigenvalue weighted by atomic mass is 9.82. The average molecular weight is 408 g/mol. The number of ether oxygens (including phenoxy) is 2. The van der Waals surface area contributed by atoms with E-state index >= 15 is 0 Å². The van der Waals surface area contributed by atoms with E-state index in [-0.39, 0.29) is 0 Å². The zero-order valence-electron chi connectivity index (χ0n) is 19.2. The number of unbranched alkanes of at least 4 members (excludes halogenated alkanes) is 2. The fourth-order valence-electron chi connectivity index (χ4n) is 3.41. The van der Waals surface area contributed by atoms with Crippen molar-refractivity contribution in [3.8, 4) is 0 Å². The Kier molecular flexibility index (Phi) is 10.6. The van der Waals surface area contributed by atoms with Gasteiger partial charge in [-0.3, -0.25) is 4.90 Å². The maximum absolute atomic E-state index is 5.88. The molecule has 0 amide bonds. The summed E-state index contributed by atoms with van der Waals surface area (Å²) in [6, 6.07) is 0. The quantitative estimate of drug-likeness (QED) is 0.350. The highest BCUT2D eigenvalue weighted by Gasteiger charge is 2.25. The number of hydrogen-bond donors (Lipinski definition) is 0. The largest absolute Gasteiger partial charge is 0.361 e. The molecule has 0 bridgehead atoms. The van der Waals surface area contributed by atoms with Crippen molar-refractivity contribution in [3.05, 3.63) is 5.82 Å². The number of aromatic nitrogens is 3. The van der Waals surface area contributed by atoms with Crippen LogP contribution in [0.15, 0.2) is 0 Å². The zero-order chi connectivity index (χ0) is 21.1. The minimum absolute atomic E-state index is 0.413. The normalized spacial score (nSPS) is 19.3. The van der Waals surface area contributed by atoms with Gasteiger partial charge >= 0.3 is 0 Å². The van der Waals surface area contributed by atoms with Gasteiger partial charge in [0, 0.05) is 33.2 Å². The van der Waals surface area contributed by atoms with Crippen molar-refractivity contribution in [3.63, 3.8) is 0 Å². The highest BCUT2D eigenvalue weighted by Crippen LogP contribution is 2.34. The maximum Gasteiger partial charge on any atom is 0.234 e. The van der Waals surface area contributed by atoms with E-state index in [1.165, 1.54) is 12.8 Å². The smallest absolute Gasteiger partial charge is 0.234 e. The first kappa shape index (κ1) is 23.8. The van der Waals surface area contributed by atoms with E-state index < -0.39 is 0 Å². The second-order valence-corrected chi connectivity index (χ2v) is 8.47. The summed E-state index contributed by atoms with van der Waals surface area (Å²) in [5.74, 6) is 3.49. The molecule has 166 valence electrons. The highest BCUT2D eigenvalue weighted by atomic mass is 16.5. The summed E-state index contributed by atoms with van der Waals surface area (Å²) in [5.41, 5.74) is 0. The molecule has 0 N–H and O–H groups in total. The van der Waals surface area contributed by atoms with Gasteiger partial charge in [0.05, 0.1) is 0 Å². The number of rotatable bonds is 13. The van der Waals surface area contributed by atoms with Crippen LogP contribution < -0.4 is 9.80 Å². The van der Waals surface area contributed by atoms with Crippen LogP contribution in [0.3, 0.4) is 0 Å². The summed E-state index contributed by atoms with van der Waals surface area (Å²) < 4.78 is 11.8. The Balaban J connectivity index is 2.18.